The summed E-state index contributed by atoms with van der Waals surface area (Å²) in [4.78, 5) is 25.2. The van der Waals surface area contributed by atoms with Crippen molar-refractivity contribution < 1.29 is 27.5 Å². The Balaban J connectivity index is 2.23. The first-order valence-corrected chi connectivity index (χ1v) is 9.76. The van der Waals surface area contributed by atoms with Crippen LogP contribution in [0.3, 0.4) is 0 Å². The number of methoxy groups -OCH3 is 1. The van der Waals surface area contributed by atoms with Gasteiger partial charge in [0.2, 0.25) is 5.91 Å². The smallest absolute Gasteiger partial charge is 0.416 e. The number of ether oxygens (including phenoxy) is 1. The third-order valence-corrected chi connectivity index (χ3v) is 5.39. The number of rotatable bonds is 8. The normalized spacial score (nSPS) is 24.0. The predicted octanol–water partition coefficient (Wildman–Crippen LogP) is 3.41. The second-order valence-corrected chi connectivity index (χ2v) is 7.29. The number of amides is 1. The van der Waals surface area contributed by atoms with Gasteiger partial charge in [0, 0.05) is 6.54 Å². The maximum absolute atomic E-state index is 12.7. The molecule has 0 bridgehead atoms. The Bertz CT molecular complexity index is 775. The van der Waals surface area contributed by atoms with E-state index in [1.807, 2.05) is 0 Å². The van der Waals surface area contributed by atoms with Crippen molar-refractivity contribution in [1.82, 2.24) is 5.32 Å². The van der Waals surface area contributed by atoms with Gasteiger partial charge in [0.15, 0.2) is 0 Å². The Morgan fingerprint density at radius 3 is 2.43 bits per heavy atom. The molecule has 8 heteroatoms. The molecular weight excluding hydrogens is 397 g/mol. The van der Waals surface area contributed by atoms with E-state index in [1.165, 1.54) is 19.2 Å². The highest BCUT2D eigenvalue weighted by Crippen LogP contribution is 2.44. The summed E-state index contributed by atoms with van der Waals surface area (Å²) in [5, 5.41) is 2.81. The van der Waals surface area contributed by atoms with Crippen LogP contribution in [0.1, 0.15) is 24.0 Å². The van der Waals surface area contributed by atoms with Crippen molar-refractivity contribution in [3.8, 4) is 0 Å². The monoisotopic (exact) mass is 424 g/mol. The molecule has 1 aromatic rings. The van der Waals surface area contributed by atoms with Crippen molar-refractivity contribution in [3.63, 3.8) is 0 Å². The summed E-state index contributed by atoms with van der Waals surface area (Å²) in [5.41, 5.74) is 5.29. The molecule has 164 valence electrons. The zero-order valence-corrected chi connectivity index (χ0v) is 16.8. The highest BCUT2D eigenvalue weighted by molar-refractivity contribution is 5.87. The Morgan fingerprint density at radius 2 is 1.90 bits per heavy atom. The van der Waals surface area contributed by atoms with Gasteiger partial charge in [-0.3, -0.25) is 9.59 Å². The van der Waals surface area contributed by atoms with Crippen LogP contribution < -0.4 is 11.1 Å². The first kappa shape index (κ1) is 23.7. The molecule has 1 amide bonds. The minimum atomic E-state index is -4.40. The summed E-state index contributed by atoms with van der Waals surface area (Å²) in [6.45, 7) is 4.65. The summed E-state index contributed by atoms with van der Waals surface area (Å²) >= 11 is 0. The average Bonchev–Trinajstić information content (AvgIpc) is 3.10. The molecule has 0 radical (unpaired) electrons. The van der Waals surface area contributed by atoms with Crippen molar-refractivity contribution in [2.24, 2.45) is 29.4 Å². The van der Waals surface area contributed by atoms with Crippen LogP contribution in [-0.2, 0) is 20.5 Å². The SMILES string of the molecule is C=C[C@H]1C[C@@H](/C=C/c2ccc(C(F)(F)F)cc2)[C@@H](C(=O)OC)[C@H]1C(=O)NCCCN. The highest BCUT2D eigenvalue weighted by Gasteiger charge is 2.49. The molecule has 1 aliphatic carbocycles. The molecule has 0 saturated heterocycles. The van der Waals surface area contributed by atoms with Gasteiger partial charge in [-0.2, -0.15) is 13.2 Å². The van der Waals surface area contributed by atoms with E-state index in [0.717, 1.165) is 12.1 Å². The van der Waals surface area contributed by atoms with Crippen molar-refractivity contribution >= 4 is 18.0 Å². The van der Waals surface area contributed by atoms with Crippen LogP contribution >= 0.6 is 0 Å². The maximum Gasteiger partial charge on any atom is 0.416 e. The summed E-state index contributed by atoms with van der Waals surface area (Å²) in [7, 11) is 1.27. The lowest BCUT2D eigenvalue weighted by atomic mass is 9.85. The number of hydrogen-bond acceptors (Lipinski definition) is 4. The number of alkyl halides is 3. The average molecular weight is 424 g/mol. The molecule has 0 spiro atoms. The minimum Gasteiger partial charge on any atom is -0.469 e. The predicted molar refractivity (Wildman–Crippen MR) is 108 cm³/mol. The van der Waals surface area contributed by atoms with Gasteiger partial charge in [-0.15, -0.1) is 6.58 Å². The fraction of sp³-hybridized carbons (Fsp3) is 0.455. The number of hydrogen-bond donors (Lipinski definition) is 2. The zero-order valence-electron chi connectivity index (χ0n) is 16.8. The summed E-state index contributed by atoms with van der Waals surface area (Å²) in [6, 6.07) is 4.74. The molecule has 0 aliphatic heterocycles. The van der Waals surface area contributed by atoms with Gasteiger partial charge in [-0.05, 0) is 48.9 Å². The Morgan fingerprint density at radius 1 is 1.23 bits per heavy atom. The van der Waals surface area contributed by atoms with E-state index in [-0.39, 0.29) is 17.7 Å². The molecule has 1 saturated carbocycles. The van der Waals surface area contributed by atoms with Crippen molar-refractivity contribution in [2.75, 3.05) is 20.2 Å². The second-order valence-electron chi connectivity index (χ2n) is 7.29. The molecule has 0 aromatic heterocycles. The molecule has 30 heavy (non-hydrogen) atoms. The molecule has 1 fully saturated rings. The van der Waals surface area contributed by atoms with Gasteiger partial charge in [-0.25, -0.2) is 0 Å². The number of nitrogens with one attached hydrogen (secondary N) is 1. The van der Waals surface area contributed by atoms with Crippen LogP contribution in [0.15, 0.2) is 43.0 Å². The topological polar surface area (TPSA) is 81.4 Å². The van der Waals surface area contributed by atoms with Gasteiger partial charge in [0.25, 0.3) is 0 Å². The second kappa shape index (κ2) is 10.4. The van der Waals surface area contributed by atoms with E-state index >= 15 is 0 Å². The summed E-state index contributed by atoms with van der Waals surface area (Å²) < 4.78 is 43.1. The third kappa shape index (κ3) is 5.72. The van der Waals surface area contributed by atoms with Crippen LogP contribution in [0.25, 0.3) is 6.08 Å². The lowest BCUT2D eigenvalue weighted by Crippen LogP contribution is -2.40. The molecule has 0 heterocycles. The zero-order chi connectivity index (χ0) is 22.3. The van der Waals surface area contributed by atoms with Crippen LogP contribution in [0.2, 0.25) is 0 Å². The fourth-order valence-electron chi connectivity index (χ4n) is 3.85. The Hall–Kier alpha value is -2.61. The van der Waals surface area contributed by atoms with E-state index < -0.39 is 29.5 Å². The quantitative estimate of drug-likeness (QED) is 0.381. The number of allylic oxidation sites excluding steroid dienone is 2. The number of carbonyl (C=O) groups excluding carboxylic acids is 2. The van der Waals surface area contributed by atoms with Gasteiger partial charge in [0.1, 0.15) is 0 Å². The van der Waals surface area contributed by atoms with Gasteiger partial charge in [0.05, 0.1) is 24.5 Å². The first-order chi connectivity index (χ1) is 14.2. The molecule has 2 rings (SSSR count). The molecule has 4 atom stereocenters. The van der Waals surface area contributed by atoms with Gasteiger partial charge < -0.3 is 15.8 Å². The van der Waals surface area contributed by atoms with Crippen molar-refractivity contribution in [1.29, 1.82) is 0 Å². The van der Waals surface area contributed by atoms with Gasteiger partial charge >= 0.3 is 12.1 Å². The van der Waals surface area contributed by atoms with E-state index in [2.05, 4.69) is 11.9 Å². The van der Waals surface area contributed by atoms with Crippen molar-refractivity contribution in [3.05, 3.63) is 54.1 Å². The molecule has 0 unspecified atom stereocenters. The number of nitrogens with two attached hydrogens (primary N) is 1. The Labute approximate surface area is 174 Å². The van der Waals surface area contributed by atoms with Crippen molar-refractivity contribution in [2.45, 2.75) is 19.0 Å². The largest absolute Gasteiger partial charge is 0.469 e. The Kier molecular flexibility index (Phi) is 8.23. The van der Waals surface area contributed by atoms with Crippen LogP contribution in [0, 0.1) is 23.7 Å². The molecule has 5 nitrogen and oxygen atoms in total. The number of halogens is 3. The molecule has 3 N–H and O–H groups in total. The molecule has 1 aliphatic rings. The number of benzene rings is 1. The van der Waals surface area contributed by atoms with Crippen LogP contribution in [0.5, 0.6) is 0 Å². The van der Waals surface area contributed by atoms with E-state index in [4.69, 9.17) is 10.5 Å². The fourth-order valence-corrected chi connectivity index (χ4v) is 3.85. The van der Waals surface area contributed by atoms with E-state index in [9.17, 15) is 22.8 Å². The van der Waals surface area contributed by atoms with Crippen LogP contribution in [0.4, 0.5) is 13.2 Å². The van der Waals surface area contributed by atoms with E-state index in [0.29, 0.717) is 31.5 Å². The maximum atomic E-state index is 12.7. The van der Waals surface area contributed by atoms with E-state index in [1.54, 1.807) is 18.2 Å². The summed E-state index contributed by atoms with van der Waals surface area (Å²) in [6.07, 6.45) is 1.82. The molecular formula is C22H27F3N2O3. The minimum absolute atomic E-state index is 0.228. The molecule has 1 aromatic carbocycles. The first-order valence-electron chi connectivity index (χ1n) is 9.76. The number of carbonyl (C=O) groups is 2. The third-order valence-electron chi connectivity index (χ3n) is 5.39. The lowest BCUT2D eigenvalue weighted by molar-refractivity contribution is -0.150. The summed E-state index contributed by atoms with van der Waals surface area (Å²) in [5.74, 6) is -2.63. The van der Waals surface area contributed by atoms with Crippen LogP contribution in [-0.4, -0.2) is 32.1 Å². The lowest BCUT2D eigenvalue weighted by Gasteiger charge is -2.22. The standard InChI is InChI=1S/C22H27F3N2O3/c1-3-15-13-16(8-5-14-6-9-17(10-7-14)22(23,24)25)19(21(29)30-2)18(15)20(28)27-12-4-11-26/h3,5-10,15-16,18-19H,1,4,11-13,26H2,2H3,(H,27,28)/b8-5+/t15-,16+,18-,19+/m0/s1. The van der Waals surface area contributed by atoms with Gasteiger partial charge in [-0.1, -0.05) is 30.4 Å². The number of esters is 1. The highest BCUT2D eigenvalue weighted by atomic mass is 19.4.